The minimum absolute atomic E-state index is 0.153. The molecule has 0 radical (unpaired) electrons. The van der Waals surface area contributed by atoms with Crippen LogP contribution in [0.25, 0.3) is 11.2 Å². The maximum atomic E-state index is 12.6. The number of hydrogen-bond donors (Lipinski definition) is 1. The zero-order valence-corrected chi connectivity index (χ0v) is 20.0. The Bertz CT molecular complexity index is 1470. The van der Waals surface area contributed by atoms with Crippen LogP contribution in [-0.4, -0.2) is 67.3 Å². The van der Waals surface area contributed by atoms with Gasteiger partial charge in [-0.15, -0.1) is 10.2 Å². The van der Waals surface area contributed by atoms with E-state index in [2.05, 4.69) is 30.5 Å². The molecule has 0 unspecified atom stereocenters. The molecule has 1 aliphatic rings. The number of nitrogens with one attached hydrogen (secondary N) is 1. The third kappa shape index (κ3) is 4.51. The number of methoxy groups -OCH3 is 1. The second kappa shape index (κ2) is 9.55. The predicted molar refractivity (Wildman–Crippen MR) is 129 cm³/mol. The Morgan fingerprint density at radius 3 is 2.78 bits per heavy atom. The van der Waals surface area contributed by atoms with Gasteiger partial charge < -0.3 is 24.3 Å². The predicted octanol–water partition coefficient (Wildman–Crippen LogP) is 2.59. The number of nitrogens with zero attached hydrogens (tertiary/aromatic N) is 8. The van der Waals surface area contributed by atoms with Gasteiger partial charge in [-0.1, -0.05) is 0 Å². The Balaban J connectivity index is 1.36. The first-order chi connectivity index (χ1) is 17.4. The molecule has 5 heterocycles. The molecule has 4 aromatic rings. The van der Waals surface area contributed by atoms with Gasteiger partial charge in [-0.3, -0.25) is 4.79 Å². The molecule has 1 N–H and O–H groups in total. The van der Waals surface area contributed by atoms with Gasteiger partial charge in [-0.05, 0) is 30.7 Å². The van der Waals surface area contributed by atoms with E-state index in [4.69, 9.17) is 14.7 Å². The highest BCUT2D eigenvalue weighted by atomic mass is 16.5. The van der Waals surface area contributed by atoms with Crippen molar-refractivity contribution >= 4 is 28.6 Å². The molecule has 5 rings (SSSR count). The molecular weight excluding hydrogens is 462 g/mol. The van der Waals surface area contributed by atoms with Gasteiger partial charge in [-0.2, -0.15) is 10.2 Å². The summed E-state index contributed by atoms with van der Waals surface area (Å²) < 4.78 is 12.9. The summed E-state index contributed by atoms with van der Waals surface area (Å²) in [5.74, 6) is 1.44. The quantitative estimate of drug-likeness (QED) is 0.415. The Morgan fingerprint density at radius 2 is 2.08 bits per heavy atom. The van der Waals surface area contributed by atoms with Gasteiger partial charge in [0.15, 0.2) is 22.9 Å². The Labute approximate surface area is 206 Å². The SMILES string of the molecule is COCC1CN(C(=O)c2ccc(Nc3cc(Oc4cnc(C#N)cc4C)nc4c3ncn4C)nn2)C1. The lowest BCUT2D eigenvalue weighted by molar-refractivity contribution is 0.0265. The molecule has 182 valence electrons. The lowest BCUT2D eigenvalue weighted by Crippen LogP contribution is -2.51. The van der Waals surface area contributed by atoms with E-state index in [1.54, 1.807) is 47.2 Å². The third-order valence-electron chi connectivity index (χ3n) is 5.83. The Kier molecular flexibility index (Phi) is 6.14. The van der Waals surface area contributed by atoms with Crippen molar-refractivity contribution in [3.63, 3.8) is 0 Å². The summed E-state index contributed by atoms with van der Waals surface area (Å²) in [6, 6.07) is 8.68. The summed E-state index contributed by atoms with van der Waals surface area (Å²) in [5, 5.41) is 20.5. The molecule has 4 aromatic heterocycles. The molecule has 0 spiro atoms. The van der Waals surface area contributed by atoms with E-state index >= 15 is 0 Å². The van der Waals surface area contributed by atoms with Crippen molar-refractivity contribution < 1.29 is 14.3 Å². The van der Waals surface area contributed by atoms with Crippen LogP contribution in [0.4, 0.5) is 11.5 Å². The standard InChI is InChI=1S/C24H23N9O3/c1-14-6-16(8-25)26-9-19(14)36-21-7-18(22-23(29-21)32(2)13-27-22)28-20-5-4-17(30-31-20)24(34)33-10-15(11-33)12-35-3/h4-7,9,13,15H,10-12H2,1-3H3,(H,28,29,31). The average molecular weight is 486 g/mol. The van der Waals surface area contributed by atoms with Gasteiger partial charge in [0.25, 0.3) is 5.91 Å². The van der Waals surface area contributed by atoms with Gasteiger partial charge in [0, 0.05) is 39.2 Å². The van der Waals surface area contributed by atoms with Crippen LogP contribution in [0.1, 0.15) is 21.7 Å². The summed E-state index contributed by atoms with van der Waals surface area (Å²) in [7, 11) is 3.49. The molecule has 12 nitrogen and oxygen atoms in total. The molecule has 0 saturated carbocycles. The van der Waals surface area contributed by atoms with Gasteiger partial charge in [0.2, 0.25) is 5.88 Å². The first kappa shape index (κ1) is 23.1. The van der Waals surface area contributed by atoms with Crippen LogP contribution in [-0.2, 0) is 11.8 Å². The highest BCUT2D eigenvalue weighted by Crippen LogP contribution is 2.31. The number of carbonyl (C=O) groups excluding carboxylic acids is 1. The van der Waals surface area contributed by atoms with Gasteiger partial charge in [0.05, 0.1) is 24.8 Å². The number of pyridine rings is 2. The minimum atomic E-state index is -0.153. The Hall–Kier alpha value is -4.63. The van der Waals surface area contributed by atoms with Crippen molar-refractivity contribution in [2.75, 3.05) is 32.1 Å². The van der Waals surface area contributed by atoms with E-state index in [0.717, 1.165) is 5.56 Å². The van der Waals surface area contributed by atoms with Crippen molar-refractivity contribution in [2.45, 2.75) is 6.92 Å². The summed E-state index contributed by atoms with van der Waals surface area (Å²) in [5.41, 5.74) is 3.16. The first-order valence-electron chi connectivity index (χ1n) is 11.2. The monoisotopic (exact) mass is 485 g/mol. The van der Waals surface area contributed by atoms with Gasteiger partial charge >= 0.3 is 0 Å². The van der Waals surface area contributed by atoms with Crippen LogP contribution in [0.15, 0.2) is 36.8 Å². The highest BCUT2D eigenvalue weighted by molar-refractivity contribution is 5.93. The fourth-order valence-corrected chi connectivity index (χ4v) is 3.94. The van der Waals surface area contributed by atoms with E-state index < -0.39 is 0 Å². The smallest absolute Gasteiger partial charge is 0.274 e. The molecule has 0 bridgehead atoms. The number of aromatic nitrogens is 6. The van der Waals surface area contributed by atoms with Crippen LogP contribution >= 0.6 is 0 Å². The van der Waals surface area contributed by atoms with E-state index in [1.807, 2.05) is 20.0 Å². The molecule has 1 saturated heterocycles. The number of likely N-dealkylation sites (tertiary alicyclic amines) is 1. The molecule has 0 aromatic carbocycles. The van der Waals surface area contributed by atoms with E-state index in [0.29, 0.717) is 65.6 Å². The number of amides is 1. The van der Waals surface area contributed by atoms with Crippen molar-refractivity contribution in [1.82, 2.24) is 34.6 Å². The van der Waals surface area contributed by atoms with Crippen LogP contribution in [0.5, 0.6) is 11.6 Å². The summed E-state index contributed by atoms with van der Waals surface area (Å²) in [6.07, 6.45) is 3.14. The number of rotatable bonds is 7. The van der Waals surface area contributed by atoms with Gasteiger partial charge in [0.1, 0.15) is 17.3 Å². The number of ether oxygens (including phenoxy) is 2. The van der Waals surface area contributed by atoms with Crippen molar-refractivity contribution in [3.05, 3.63) is 53.7 Å². The zero-order valence-electron chi connectivity index (χ0n) is 20.0. The van der Waals surface area contributed by atoms with E-state index in [-0.39, 0.29) is 11.6 Å². The molecule has 12 heteroatoms. The fourth-order valence-electron chi connectivity index (χ4n) is 3.94. The molecule has 36 heavy (non-hydrogen) atoms. The minimum Gasteiger partial charge on any atom is -0.437 e. The number of carbonyl (C=O) groups is 1. The molecule has 0 aliphatic carbocycles. The maximum Gasteiger partial charge on any atom is 0.274 e. The third-order valence-corrected chi connectivity index (χ3v) is 5.83. The molecule has 1 amide bonds. The van der Waals surface area contributed by atoms with Crippen molar-refractivity contribution in [2.24, 2.45) is 13.0 Å². The maximum absolute atomic E-state index is 12.6. The van der Waals surface area contributed by atoms with Crippen LogP contribution < -0.4 is 10.1 Å². The summed E-state index contributed by atoms with van der Waals surface area (Å²) >= 11 is 0. The fraction of sp³-hybridized carbons (Fsp3) is 0.292. The lowest BCUT2D eigenvalue weighted by Gasteiger charge is -2.38. The van der Waals surface area contributed by atoms with Crippen LogP contribution in [0.3, 0.4) is 0 Å². The number of aryl methyl sites for hydroxylation is 2. The van der Waals surface area contributed by atoms with Crippen molar-refractivity contribution in [1.29, 1.82) is 5.26 Å². The number of nitriles is 1. The van der Waals surface area contributed by atoms with E-state index in [1.165, 1.54) is 6.20 Å². The molecular formula is C24H23N9O3. The second-order valence-corrected chi connectivity index (χ2v) is 8.54. The number of hydrogen-bond acceptors (Lipinski definition) is 10. The van der Waals surface area contributed by atoms with Gasteiger partial charge in [-0.25, -0.2) is 9.97 Å². The van der Waals surface area contributed by atoms with Crippen LogP contribution in [0.2, 0.25) is 0 Å². The topological polar surface area (TPSA) is 144 Å². The highest BCUT2D eigenvalue weighted by Gasteiger charge is 2.31. The lowest BCUT2D eigenvalue weighted by atomic mass is 10.0. The van der Waals surface area contributed by atoms with Crippen LogP contribution in [0, 0.1) is 24.2 Å². The molecule has 1 aliphatic heterocycles. The summed E-state index contributed by atoms with van der Waals surface area (Å²) in [6.45, 7) is 3.77. The molecule has 0 atom stereocenters. The Morgan fingerprint density at radius 1 is 1.25 bits per heavy atom. The number of fused-ring (bicyclic) bond motifs is 1. The van der Waals surface area contributed by atoms with Crippen molar-refractivity contribution in [3.8, 4) is 17.7 Å². The summed E-state index contributed by atoms with van der Waals surface area (Å²) in [4.78, 5) is 27.4. The zero-order chi connectivity index (χ0) is 25.2. The largest absolute Gasteiger partial charge is 0.437 e. The number of anilines is 2. The first-order valence-corrected chi connectivity index (χ1v) is 11.2. The number of imidazole rings is 1. The second-order valence-electron chi connectivity index (χ2n) is 8.54. The molecule has 1 fully saturated rings. The normalized spacial score (nSPS) is 13.3. The van der Waals surface area contributed by atoms with E-state index in [9.17, 15) is 4.79 Å². The average Bonchev–Trinajstić information content (AvgIpc) is 3.23.